The van der Waals surface area contributed by atoms with E-state index in [4.69, 9.17) is 28.4 Å². The summed E-state index contributed by atoms with van der Waals surface area (Å²) in [5.74, 6) is -2.86. The molecule has 0 amide bonds. The van der Waals surface area contributed by atoms with Gasteiger partial charge in [0.1, 0.15) is 25.4 Å². The standard InChI is InChI=1S/C44H34O6S.C29H28O6S/c45-42(36-22-16-33(17-23-36)30-10-4-1-5-11-30)48-29-40-39(49-43(46)37-24-18-34(19-25-37)31-12-6-2-7-13-31)28-41(51-40)50-44(47)38-26-20-35(21-27-38)32-14-8-3-9-15-32;1-18-4-10-21(11-5-18)27(30)33-17-25-24(34-28(31)22-12-6-19(2)7-13-22)16-26(36-25)35-29(32)23-14-8-20(3)9-15-23/h1-27,39-41H,28-29H2;4-15,24-26H,16-17H2,1-3H3/t39-,40+,41?;24-,25+,26?/m11/s1. The van der Waals surface area contributed by atoms with Crippen LogP contribution in [-0.2, 0) is 28.4 Å². The van der Waals surface area contributed by atoms with E-state index in [9.17, 15) is 28.8 Å². The molecule has 0 N–H and O–H groups in total. The van der Waals surface area contributed by atoms with Gasteiger partial charge in [0.05, 0.1) is 43.9 Å². The van der Waals surface area contributed by atoms with Crippen molar-refractivity contribution in [3.8, 4) is 33.4 Å². The molecule has 0 aliphatic carbocycles. The normalized spacial score (nSPS) is 17.6. The zero-order valence-corrected chi connectivity index (χ0v) is 49.7. The van der Waals surface area contributed by atoms with Crippen LogP contribution in [0.5, 0.6) is 0 Å². The van der Waals surface area contributed by atoms with Gasteiger partial charge in [-0.15, -0.1) is 23.5 Å². The molecule has 0 saturated carbocycles. The minimum atomic E-state index is -0.664. The van der Waals surface area contributed by atoms with Gasteiger partial charge in [-0.1, -0.05) is 180 Å². The van der Waals surface area contributed by atoms with Crippen molar-refractivity contribution in [2.75, 3.05) is 13.2 Å². The average Bonchev–Trinajstić information content (AvgIpc) is 4.34. The van der Waals surface area contributed by atoms with Crippen LogP contribution >= 0.6 is 23.5 Å². The molecule has 87 heavy (non-hydrogen) atoms. The molecular weight excluding hydrogens is 1130 g/mol. The number of carbonyl (C=O) groups is 6. The number of hydrogen-bond acceptors (Lipinski definition) is 14. The van der Waals surface area contributed by atoms with Crippen molar-refractivity contribution in [3.63, 3.8) is 0 Å². The van der Waals surface area contributed by atoms with Gasteiger partial charge in [-0.25, -0.2) is 28.8 Å². The van der Waals surface area contributed by atoms with Crippen LogP contribution in [0, 0.1) is 20.8 Å². The number of ether oxygens (including phenoxy) is 6. The molecule has 2 fully saturated rings. The van der Waals surface area contributed by atoms with Gasteiger partial charge >= 0.3 is 35.8 Å². The van der Waals surface area contributed by atoms with Crippen LogP contribution in [0.4, 0.5) is 0 Å². The zero-order chi connectivity index (χ0) is 60.7. The highest BCUT2D eigenvalue weighted by Gasteiger charge is 2.42. The van der Waals surface area contributed by atoms with Gasteiger partial charge in [0, 0.05) is 12.8 Å². The highest BCUT2D eigenvalue weighted by atomic mass is 32.2. The molecule has 0 aromatic heterocycles. The Balaban J connectivity index is 0.000000205. The maximum atomic E-state index is 13.4. The number of thioether (sulfide) groups is 2. The summed E-state index contributed by atoms with van der Waals surface area (Å²) in [7, 11) is 0. The lowest BCUT2D eigenvalue weighted by Gasteiger charge is -2.19. The molecule has 12 nitrogen and oxygen atoms in total. The number of aryl methyl sites for hydroxylation is 3. The van der Waals surface area contributed by atoms with Crippen LogP contribution in [0.1, 0.15) is 91.7 Å². The second-order valence-corrected chi connectivity index (χ2v) is 23.8. The summed E-state index contributed by atoms with van der Waals surface area (Å²) in [5, 5.41) is -0.840. The lowest BCUT2D eigenvalue weighted by Crippen LogP contribution is -2.29. The van der Waals surface area contributed by atoms with E-state index in [2.05, 4.69) is 0 Å². The third-order valence-corrected chi connectivity index (χ3v) is 17.4. The fourth-order valence-electron chi connectivity index (χ4n) is 9.68. The molecule has 2 aliphatic rings. The first-order chi connectivity index (χ1) is 42.3. The lowest BCUT2D eigenvalue weighted by atomic mass is 10.0. The molecular formula is C73H62O12S2. The van der Waals surface area contributed by atoms with Crippen LogP contribution in [-0.4, -0.2) is 82.6 Å². The van der Waals surface area contributed by atoms with Gasteiger partial charge in [-0.2, -0.15) is 0 Å². The average molecular weight is 1200 g/mol. The Morgan fingerprint density at radius 2 is 0.529 bits per heavy atom. The molecule has 0 spiro atoms. The Hall–Kier alpha value is -9.50. The summed E-state index contributed by atoms with van der Waals surface area (Å²) in [6.45, 7) is 5.80. The van der Waals surface area contributed by atoms with Crippen molar-refractivity contribution >= 4 is 59.3 Å². The lowest BCUT2D eigenvalue weighted by molar-refractivity contribution is 0.0113. The van der Waals surface area contributed by atoms with Crippen LogP contribution in [0.3, 0.4) is 0 Å². The van der Waals surface area contributed by atoms with E-state index in [-0.39, 0.29) is 24.9 Å². The molecule has 9 aromatic rings. The van der Waals surface area contributed by atoms with Crippen LogP contribution in [0.25, 0.3) is 33.4 Å². The Morgan fingerprint density at radius 1 is 0.299 bits per heavy atom. The molecule has 2 saturated heterocycles. The third kappa shape index (κ3) is 16.5. The van der Waals surface area contributed by atoms with Gasteiger partial charge in [0.2, 0.25) is 0 Å². The van der Waals surface area contributed by atoms with Crippen molar-refractivity contribution in [3.05, 3.63) is 287 Å². The predicted octanol–water partition coefficient (Wildman–Crippen LogP) is 15.4. The molecule has 2 heterocycles. The summed E-state index contributed by atoms with van der Waals surface area (Å²) in [6.07, 6.45) is -0.708. The first-order valence-electron chi connectivity index (χ1n) is 28.4. The van der Waals surface area contributed by atoms with E-state index >= 15 is 0 Å². The second kappa shape index (κ2) is 29.1. The number of esters is 6. The van der Waals surface area contributed by atoms with E-state index in [0.29, 0.717) is 39.8 Å². The molecule has 438 valence electrons. The molecule has 2 unspecified atom stereocenters. The summed E-state index contributed by atoms with van der Waals surface area (Å²) in [5.41, 5.74) is 10.6. The largest absolute Gasteiger partial charge is 0.461 e. The molecule has 2 aliphatic heterocycles. The highest BCUT2D eigenvalue weighted by Crippen LogP contribution is 2.40. The van der Waals surface area contributed by atoms with Gasteiger partial charge in [-0.05, 0) is 127 Å². The number of rotatable bonds is 17. The van der Waals surface area contributed by atoms with Crippen molar-refractivity contribution in [2.45, 2.75) is 67.2 Å². The topological polar surface area (TPSA) is 158 Å². The third-order valence-electron chi connectivity index (χ3n) is 14.6. The van der Waals surface area contributed by atoms with Crippen LogP contribution in [0.15, 0.2) is 237 Å². The fourth-order valence-corrected chi connectivity index (χ4v) is 12.3. The molecule has 0 bridgehead atoms. The van der Waals surface area contributed by atoms with Gasteiger partial charge in [0.25, 0.3) is 0 Å². The molecule has 0 radical (unpaired) electrons. The Morgan fingerprint density at radius 3 is 0.805 bits per heavy atom. The zero-order valence-electron chi connectivity index (χ0n) is 48.0. The second-order valence-electron chi connectivity index (χ2n) is 21.0. The Kier molecular flexibility index (Phi) is 20.2. The number of carbonyl (C=O) groups excluding carboxylic acids is 6. The highest BCUT2D eigenvalue weighted by molar-refractivity contribution is 8.01. The monoisotopic (exact) mass is 1190 g/mol. The molecule has 9 aromatic carbocycles. The van der Waals surface area contributed by atoms with Gasteiger partial charge < -0.3 is 28.4 Å². The first kappa shape index (κ1) is 60.6. The van der Waals surface area contributed by atoms with E-state index in [0.717, 1.165) is 50.1 Å². The minimum absolute atomic E-state index is 0.0157. The minimum Gasteiger partial charge on any atom is -0.461 e. The fraction of sp³-hybridized carbons (Fsp3) is 0.178. The summed E-state index contributed by atoms with van der Waals surface area (Å²) < 4.78 is 34.7. The maximum absolute atomic E-state index is 13.4. The van der Waals surface area contributed by atoms with Gasteiger partial charge in [-0.3, -0.25) is 0 Å². The van der Waals surface area contributed by atoms with E-state index in [1.54, 1.807) is 72.8 Å². The SMILES string of the molecule is Cc1ccc(C(=O)OC[C@@H]2SC(OC(=O)c3ccc(C)cc3)C[C@H]2OC(=O)c2ccc(C)cc2)cc1.O=C(OC[C@@H]1SC(OC(=O)c2ccc(-c3ccccc3)cc2)C[C@H]1OC(=O)c1ccc(-c2ccccc2)cc1)c1ccc(-c2ccccc2)cc1. The van der Waals surface area contributed by atoms with E-state index in [1.807, 2.05) is 185 Å². The summed E-state index contributed by atoms with van der Waals surface area (Å²) in [4.78, 5) is 77.6. The summed E-state index contributed by atoms with van der Waals surface area (Å²) in [6, 6.07) is 72.7. The smallest absolute Gasteiger partial charge is 0.339 e. The maximum Gasteiger partial charge on any atom is 0.339 e. The van der Waals surface area contributed by atoms with E-state index in [1.165, 1.54) is 23.5 Å². The number of hydrogen-bond donors (Lipinski definition) is 0. The quantitative estimate of drug-likeness (QED) is 0.0626. The van der Waals surface area contributed by atoms with Gasteiger partial charge in [0.15, 0.2) is 10.9 Å². The van der Waals surface area contributed by atoms with E-state index < -0.39 is 64.1 Å². The number of benzene rings is 9. The summed E-state index contributed by atoms with van der Waals surface area (Å²) >= 11 is 2.64. The van der Waals surface area contributed by atoms with Crippen molar-refractivity contribution in [1.29, 1.82) is 0 Å². The Labute approximate surface area is 514 Å². The molecule has 11 rings (SSSR count). The Bertz CT molecular complexity index is 3790. The van der Waals surface area contributed by atoms with Crippen molar-refractivity contribution < 1.29 is 57.2 Å². The molecule has 14 heteroatoms. The van der Waals surface area contributed by atoms with Crippen LogP contribution in [0.2, 0.25) is 0 Å². The van der Waals surface area contributed by atoms with Crippen molar-refractivity contribution in [2.24, 2.45) is 0 Å². The van der Waals surface area contributed by atoms with Crippen LogP contribution < -0.4 is 0 Å². The predicted molar refractivity (Wildman–Crippen MR) is 339 cm³/mol. The molecule has 6 atom stereocenters. The first-order valence-corrected chi connectivity index (χ1v) is 30.3. The van der Waals surface area contributed by atoms with Crippen molar-refractivity contribution in [1.82, 2.24) is 0 Å².